The van der Waals surface area contributed by atoms with E-state index in [9.17, 15) is 4.79 Å². The van der Waals surface area contributed by atoms with Crippen molar-refractivity contribution in [1.82, 2.24) is 0 Å². The van der Waals surface area contributed by atoms with Crippen LogP contribution in [-0.4, -0.2) is 12.4 Å². The van der Waals surface area contributed by atoms with Crippen molar-refractivity contribution >= 4 is 27.8 Å². The minimum atomic E-state index is -0.395. The largest absolute Gasteiger partial charge is 0.497 e. The van der Waals surface area contributed by atoms with Gasteiger partial charge in [-0.25, -0.2) is 0 Å². The maximum atomic E-state index is 10.8. The van der Waals surface area contributed by atoms with Crippen LogP contribution in [0.1, 0.15) is 5.56 Å². The third-order valence-corrected chi connectivity index (χ3v) is 2.33. The Morgan fingerprint density at radius 1 is 1.53 bits per heavy atom. The van der Waals surface area contributed by atoms with Gasteiger partial charge in [-0.15, -0.1) is 0 Å². The summed E-state index contributed by atoms with van der Waals surface area (Å²) in [6.07, 6.45) is 1.73. The number of methoxy groups -OCH3 is 1. The van der Waals surface area contributed by atoms with Gasteiger partial charge in [0.15, 0.2) is 0 Å². The van der Waals surface area contributed by atoms with Gasteiger partial charge in [0.25, 0.3) is 0 Å². The van der Waals surface area contributed by atoms with Gasteiger partial charge in [-0.3, -0.25) is 4.79 Å². The maximum Gasteiger partial charge on any atom is 0.226 e. The van der Waals surface area contributed by atoms with Crippen LogP contribution in [0.3, 0.4) is 0 Å². The molecule has 0 saturated carbocycles. The van der Waals surface area contributed by atoms with E-state index in [1.54, 1.807) is 19.4 Å². The first-order chi connectivity index (χ1) is 7.20. The standard InChI is InChI=1S/C11H9ClO3/c1-14-8-2-3-9-7(4-11(12)13)6-15-10(9)5-8/h2-3,5-6H,4H2,1H3. The van der Waals surface area contributed by atoms with Crippen LogP contribution in [0, 0.1) is 0 Å². The molecular formula is C11H9ClO3. The number of furan rings is 1. The van der Waals surface area contributed by atoms with E-state index in [-0.39, 0.29) is 6.42 Å². The van der Waals surface area contributed by atoms with Gasteiger partial charge in [0.2, 0.25) is 5.24 Å². The Hall–Kier alpha value is -1.48. The molecule has 1 aromatic heterocycles. The van der Waals surface area contributed by atoms with Crippen molar-refractivity contribution in [2.45, 2.75) is 6.42 Å². The molecule has 1 heterocycles. The van der Waals surface area contributed by atoms with Crippen molar-refractivity contribution in [3.05, 3.63) is 30.0 Å². The van der Waals surface area contributed by atoms with Gasteiger partial charge in [-0.05, 0) is 23.7 Å². The summed E-state index contributed by atoms with van der Waals surface area (Å²) in [5.41, 5.74) is 1.50. The topological polar surface area (TPSA) is 39.4 Å². The van der Waals surface area contributed by atoms with Gasteiger partial charge >= 0.3 is 0 Å². The monoisotopic (exact) mass is 224 g/mol. The fraction of sp³-hybridized carbons (Fsp3) is 0.182. The molecule has 15 heavy (non-hydrogen) atoms. The second kappa shape index (κ2) is 3.95. The Morgan fingerprint density at radius 2 is 2.33 bits per heavy atom. The highest BCUT2D eigenvalue weighted by molar-refractivity contribution is 6.63. The molecule has 0 aliphatic carbocycles. The lowest BCUT2D eigenvalue weighted by Gasteiger charge is -1.98. The van der Waals surface area contributed by atoms with Crippen LogP contribution >= 0.6 is 11.6 Å². The molecule has 0 saturated heterocycles. The Kier molecular flexibility index (Phi) is 2.64. The summed E-state index contributed by atoms with van der Waals surface area (Å²) in [5, 5.41) is 0.498. The van der Waals surface area contributed by atoms with Crippen molar-refractivity contribution in [2.24, 2.45) is 0 Å². The van der Waals surface area contributed by atoms with E-state index < -0.39 is 5.24 Å². The minimum absolute atomic E-state index is 0.181. The van der Waals surface area contributed by atoms with Crippen LogP contribution in [0.25, 0.3) is 11.0 Å². The number of rotatable bonds is 3. The number of hydrogen-bond donors (Lipinski definition) is 0. The maximum absolute atomic E-state index is 10.8. The van der Waals surface area contributed by atoms with E-state index in [0.29, 0.717) is 5.58 Å². The first-order valence-electron chi connectivity index (χ1n) is 4.43. The van der Waals surface area contributed by atoms with Crippen LogP contribution in [-0.2, 0) is 11.2 Å². The van der Waals surface area contributed by atoms with Crippen LogP contribution in [0.4, 0.5) is 0 Å². The van der Waals surface area contributed by atoms with E-state index in [4.69, 9.17) is 20.8 Å². The molecule has 4 heteroatoms. The zero-order chi connectivity index (χ0) is 10.8. The lowest BCUT2D eigenvalue weighted by molar-refractivity contribution is -0.111. The average molecular weight is 225 g/mol. The van der Waals surface area contributed by atoms with Crippen molar-refractivity contribution in [3.63, 3.8) is 0 Å². The quantitative estimate of drug-likeness (QED) is 0.753. The molecule has 2 rings (SSSR count). The number of hydrogen-bond acceptors (Lipinski definition) is 3. The third-order valence-electron chi connectivity index (χ3n) is 2.19. The Labute approximate surface area is 91.6 Å². The number of carbonyl (C=O) groups is 1. The number of halogens is 1. The van der Waals surface area contributed by atoms with Crippen LogP contribution < -0.4 is 4.74 Å². The zero-order valence-electron chi connectivity index (χ0n) is 8.12. The molecule has 0 spiro atoms. The predicted octanol–water partition coefficient (Wildman–Crippen LogP) is 2.75. The summed E-state index contributed by atoms with van der Waals surface area (Å²) in [5.74, 6) is 0.723. The van der Waals surface area contributed by atoms with Gasteiger partial charge < -0.3 is 9.15 Å². The molecule has 0 aliphatic rings. The van der Waals surface area contributed by atoms with Gasteiger partial charge in [-0.1, -0.05) is 0 Å². The molecule has 0 fully saturated rings. The highest BCUT2D eigenvalue weighted by Crippen LogP contribution is 2.26. The Balaban J connectivity index is 2.47. The fourth-order valence-corrected chi connectivity index (χ4v) is 1.62. The van der Waals surface area contributed by atoms with Gasteiger partial charge in [0.1, 0.15) is 11.3 Å². The lowest BCUT2D eigenvalue weighted by atomic mass is 10.1. The van der Waals surface area contributed by atoms with Crippen LogP contribution in [0.2, 0.25) is 0 Å². The summed E-state index contributed by atoms with van der Waals surface area (Å²) in [6, 6.07) is 5.45. The van der Waals surface area contributed by atoms with Crippen molar-refractivity contribution in [1.29, 1.82) is 0 Å². The summed E-state index contributed by atoms with van der Waals surface area (Å²) < 4.78 is 10.4. The Morgan fingerprint density at radius 3 is 3.00 bits per heavy atom. The molecule has 2 aromatic rings. The molecule has 0 aliphatic heterocycles. The number of benzene rings is 1. The fourth-order valence-electron chi connectivity index (χ4n) is 1.48. The summed E-state index contributed by atoms with van der Waals surface area (Å²) in [4.78, 5) is 10.8. The van der Waals surface area contributed by atoms with E-state index in [2.05, 4.69) is 0 Å². The van der Waals surface area contributed by atoms with E-state index >= 15 is 0 Å². The third kappa shape index (κ3) is 1.97. The molecule has 0 amide bonds. The zero-order valence-corrected chi connectivity index (χ0v) is 8.88. The lowest BCUT2D eigenvalue weighted by Crippen LogP contribution is -1.91. The highest BCUT2D eigenvalue weighted by atomic mass is 35.5. The Bertz CT molecular complexity index is 502. The van der Waals surface area contributed by atoms with Gasteiger partial charge in [0, 0.05) is 17.0 Å². The second-order valence-electron chi connectivity index (χ2n) is 3.15. The predicted molar refractivity (Wildman–Crippen MR) is 57.3 cm³/mol. The van der Waals surface area contributed by atoms with Crippen molar-refractivity contribution < 1.29 is 13.9 Å². The first-order valence-corrected chi connectivity index (χ1v) is 4.81. The number of ether oxygens (including phenoxy) is 1. The molecule has 78 valence electrons. The molecule has 3 nitrogen and oxygen atoms in total. The summed E-state index contributed by atoms with van der Waals surface area (Å²) >= 11 is 5.32. The van der Waals surface area contributed by atoms with Crippen LogP contribution in [0.5, 0.6) is 5.75 Å². The average Bonchev–Trinajstić information content (AvgIpc) is 2.60. The van der Waals surface area contributed by atoms with Gasteiger partial charge in [0.05, 0.1) is 19.8 Å². The highest BCUT2D eigenvalue weighted by Gasteiger charge is 2.09. The second-order valence-corrected chi connectivity index (χ2v) is 3.58. The SMILES string of the molecule is COc1ccc2c(CC(=O)Cl)coc2c1. The van der Waals surface area contributed by atoms with Crippen LogP contribution in [0.15, 0.2) is 28.9 Å². The molecular weight excluding hydrogens is 216 g/mol. The molecule has 0 atom stereocenters. The molecule has 0 unspecified atom stereocenters. The normalized spacial score (nSPS) is 10.5. The molecule has 0 radical (unpaired) electrons. The smallest absolute Gasteiger partial charge is 0.226 e. The number of carbonyl (C=O) groups excluding carboxylic acids is 1. The van der Waals surface area contributed by atoms with E-state index in [1.807, 2.05) is 12.1 Å². The molecule has 1 aromatic carbocycles. The van der Waals surface area contributed by atoms with Gasteiger partial charge in [-0.2, -0.15) is 0 Å². The van der Waals surface area contributed by atoms with E-state index in [1.165, 1.54) is 0 Å². The first kappa shape index (κ1) is 10.1. The van der Waals surface area contributed by atoms with Crippen molar-refractivity contribution in [2.75, 3.05) is 7.11 Å². The molecule has 0 bridgehead atoms. The summed E-state index contributed by atoms with van der Waals surface area (Å²) in [7, 11) is 1.59. The summed E-state index contributed by atoms with van der Waals surface area (Å²) in [6.45, 7) is 0. The van der Waals surface area contributed by atoms with E-state index in [0.717, 1.165) is 16.7 Å². The van der Waals surface area contributed by atoms with Crippen molar-refractivity contribution in [3.8, 4) is 5.75 Å². The molecule has 0 N–H and O–H groups in total. The minimum Gasteiger partial charge on any atom is -0.497 e. The number of fused-ring (bicyclic) bond motifs is 1.